The summed E-state index contributed by atoms with van der Waals surface area (Å²) in [4.78, 5) is 8.62. The molecule has 33 heavy (non-hydrogen) atoms. The molecule has 2 fully saturated rings. The van der Waals surface area contributed by atoms with Crippen molar-refractivity contribution in [1.29, 1.82) is 5.41 Å². The maximum atomic E-state index is 11.9. The van der Waals surface area contributed by atoms with Crippen LogP contribution in [0.3, 0.4) is 0 Å². The molecule has 0 saturated heterocycles. The minimum Gasteiger partial charge on any atom is -0.389 e. The highest BCUT2D eigenvalue weighted by Gasteiger charge is 2.60. The summed E-state index contributed by atoms with van der Waals surface area (Å²) in [6.07, 6.45) is 12.0. The summed E-state index contributed by atoms with van der Waals surface area (Å²) >= 11 is 0. The number of aromatic nitrogens is 2. The third-order valence-electron chi connectivity index (χ3n) is 9.83. The van der Waals surface area contributed by atoms with Gasteiger partial charge in [-0.25, -0.2) is 4.98 Å². The fraction of sp³-hybridized carbons (Fsp3) is 0.778. The molecule has 2 aliphatic carbocycles. The van der Waals surface area contributed by atoms with E-state index in [1.807, 2.05) is 25.3 Å². The molecule has 2 heterocycles. The highest BCUT2D eigenvalue weighted by Crippen LogP contribution is 2.62. The van der Waals surface area contributed by atoms with Crippen molar-refractivity contribution in [3.05, 3.63) is 23.7 Å². The number of amidine groups is 1. The van der Waals surface area contributed by atoms with E-state index >= 15 is 0 Å². The largest absolute Gasteiger partial charge is 0.389 e. The highest BCUT2D eigenvalue weighted by molar-refractivity contribution is 6.00. The molecule has 6 nitrogen and oxygen atoms in total. The third-order valence-corrected chi connectivity index (χ3v) is 9.83. The molecule has 1 aromatic heterocycles. The minimum absolute atomic E-state index is 0.00744. The van der Waals surface area contributed by atoms with Crippen LogP contribution in [-0.4, -0.2) is 51.8 Å². The van der Waals surface area contributed by atoms with Crippen molar-refractivity contribution in [3.8, 4) is 0 Å². The molecule has 6 heteroatoms. The van der Waals surface area contributed by atoms with Gasteiger partial charge in [0.05, 0.1) is 18.6 Å². The molecule has 4 atom stereocenters. The topological polar surface area (TPSA) is 68.4 Å². The van der Waals surface area contributed by atoms with Crippen molar-refractivity contribution in [2.24, 2.45) is 22.7 Å². The third kappa shape index (κ3) is 3.92. The number of hydrogen-bond acceptors (Lipinski definition) is 4. The molecule has 0 bridgehead atoms. The van der Waals surface area contributed by atoms with Crippen LogP contribution in [0.1, 0.15) is 85.3 Å². The van der Waals surface area contributed by atoms with Gasteiger partial charge in [-0.15, -0.1) is 0 Å². The number of anilines is 1. The second-order valence-electron chi connectivity index (χ2n) is 12.2. The molecule has 2 N–H and O–H groups in total. The zero-order valence-corrected chi connectivity index (χ0v) is 21.9. The van der Waals surface area contributed by atoms with Gasteiger partial charge < -0.3 is 19.5 Å². The van der Waals surface area contributed by atoms with Gasteiger partial charge in [0.15, 0.2) is 5.82 Å². The van der Waals surface area contributed by atoms with Gasteiger partial charge >= 0.3 is 0 Å². The molecule has 0 unspecified atom stereocenters. The first-order valence-electron chi connectivity index (χ1n) is 12.8. The number of imidazole rings is 1. The number of nitrogens with zero attached hydrogens (tertiary/aromatic N) is 4. The number of aliphatic hydroxyl groups is 1. The van der Waals surface area contributed by atoms with E-state index in [-0.39, 0.29) is 10.8 Å². The molecule has 0 aromatic carbocycles. The zero-order chi connectivity index (χ0) is 24.2. The maximum Gasteiger partial charge on any atom is 0.159 e. The smallest absolute Gasteiger partial charge is 0.159 e. The number of fused-ring (bicyclic) bond motifs is 2. The lowest BCUT2D eigenvalue weighted by molar-refractivity contribution is -0.212. The molecule has 2 saturated carbocycles. The van der Waals surface area contributed by atoms with Gasteiger partial charge in [-0.3, -0.25) is 5.41 Å². The Morgan fingerprint density at radius 2 is 1.94 bits per heavy atom. The Bertz CT molecular complexity index is 933. The van der Waals surface area contributed by atoms with Crippen molar-refractivity contribution >= 4 is 11.7 Å². The molecular formula is C27H45N5O. The first kappa shape index (κ1) is 24.3. The Labute approximate surface area is 200 Å². The number of nitrogens with one attached hydrogen (secondary N) is 1. The van der Waals surface area contributed by atoms with E-state index in [1.54, 1.807) is 0 Å². The maximum absolute atomic E-state index is 11.9. The molecule has 0 radical (unpaired) electrons. The van der Waals surface area contributed by atoms with E-state index in [1.165, 1.54) is 12.0 Å². The number of hydrogen-bond donors (Lipinski definition) is 2. The van der Waals surface area contributed by atoms with Crippen LogP contribution in [0.5, 0.6) is 0 Å². The number of rotatable bonds is 5. The SMILES string of the molecule is C/C(=C\Cn1cnc2c1C(=N)N(C)CN2C)CC[C@]1(C)[C@@H](C)CC[C@@]2(O)[C@H]1CCCC2(C)C. The summed E-state index contributed by atoms with van der Waals surface area (Å²) in [5.74, 6) is 2.45. The summed E-state index contributed by atoms with van der Waals surface area (Å²) in [6, 6.07) is 0. The van der Waals surface area contributed by atoms with Crippen molar-refractivity contribution in [2.75, 3.05) is 25.7 Å². The van der Waals surface area contributed by atoms with Gasteiger partial charge in [-0.2, -0.15) is 0 Å². The summed E-state index contributed by atoms with van der Waals surface area (Å²) in [7, 11) is 3.99. The Morgan fingerprint density at radius 1 is 1.21 bits per heavy atom. The van der Waals surface area contributed by atoms with E-state index in [2.05, 4.69) is 55.1 Å². The lowest BCUT2D eigenvalue weighted by Crippen LogP contribution is -2.62. The normalized spacial score (nSPS) is 34.3. The van der Waals surface area contributed by atoms with Crippen LogP contribution in [0, 0.1) is 28.1 Å². The second kappa shape index (κ2) is 8.44. The van der Waals surface area contributed by atoms with Crippen molar-refractivity contribution in [3.63, 3.8) is 0 Å². The standard InChI is InChI=1S/C27H45N5O/c1-19(12-16-32-17-29-24-22(32)23(28)30(6)18-31(24)7)10-14-26(5)20(2)11-15-27(33)21(26)9-8-13-25(27,3)4/h12,17,20-21,28,33H,8-11,13-16,18H2,1-7H3/b19-12+,28-23?/t20-,21-,26+,27+/m0/s1. The number of allylic oxidation sites excluding steroid dienone is 2. The predicted molar refractivity (Wildman–Crippen MR) is 136 cm³/mol. The van der Waals surface area contributed by atoms with Crippen LogP contribution < -0.4 is 4.90 Å². The van der Waals surface area contributed by atoms with E-state index in [0.717, 1.165) is 56.6 Å². The molecule has 4 rings (SSSR count). The Kier molecular flexibility index (Phi) is 6.22. The highest BCUT2D eigenvalue weighted by atomic mass is 16.3. The molecular weight excluding hydrogens is 410 g/mol. The minimum atomic E-state index is -0.529. The molecule has 184 valence electrons. The molecule has 1 aromatic rings. The fourth-order valence-corrected chi connectivity index (χ4v) is 7.08. The van der Waals surface area contributed by atoms with E-state index in [4.69, 9.17) is 5.41 Å². The van der Waals surface area contributed by atoms with Crippen molar-refractivity contribution in [2.45, 2.75) is 91.7 Å². The predicted octanol–water partition coefficient (Wildman–Crippen LogP) is 5.27. The monoisotopic (exact) mass is 455 g/mol. The first-order chi connectivity index (χ1) is 15.4. The van der Waals surface area contributed by atoms with Gasteiger partial charge in [-0.1, -0.05) is 45.8 Å². The van der Waals surface area contributed by atoms with Crippen LogP contribution >= 0.6 is 0 Å². The average molecular weight is 456 g/mol. The zero-order valence-electron chi connectivity index (χ0n) is 21.9. The lowest BCUT2D eigenvalue weighted by atomic mass is 9.45. The van der Waals surface area contributed by atoms with Gasteiger partial charge in [-0.05, 0) is 68.1 Å². The summed E-state index contributed by atoms with van der Waals surface area (Å²) in [6.45, 7) is 13.1. The summed E-state index contributed by atoms with van der Waals surface area (Å²) in [5.41, 5.74) is 1.93. The van der Waals surface area contributed by atoms with Crippen molar-refractivity contribution < 1.29 is 5.11 Å². The van der Waals surface area contributed by atoms with Gasteiger partial charge in [0.25, 0.3) is 0 Å². The average Bonchev–Trinajstić information content (AvgIpc) is 3.18. The van der Waals surface area contributed by atoms with Crippen LogP contribution in [0.15, 0.2) is 18.0 Å². The summed E-state index contributed by atoms with van der Waals surface area (Å²) < 4.78 is 2.10. The summed E-state index contributed by atoms with van der Waals surface area (Å²) in [5, 5.41) is 20.4. The van der Waals surface area contributed by atoms with E-state index in [0.29, 0.717) is 24.3 Å². The second-order valence-corrected chi connectivity index (χ2v) is 12.2. The van der Waals surface area contributed by atoms with Crippen LogP contribution in [-0.2, 0) is 6.54 Å². The van der Waals surface area contributed by atoms with Crippen LogP contribution in [0.2, 0.25) is 0 Å². The molecule has 0 spiro atoms. The Morgan fingerprint density at radius 3 is 2.67 bits per heavy atom. The fourth-order valence-electron chi connectivity index (χ4n) is 7.08. The molecule has 1 aliphatic heterocycles. The Hall–Kier alpha value is -1.82. The lowest BCUT2D eigenvalue weighted by Gasteiger charge is -2.62. The molecule has 0 amide bonds. The van der Waals surface area contributed by atoms with E-state index < -0.39 is 5.60 Å². The van der Waals surface area contributed by atoms with E-state index in [9.17, 15) is 5.11 Å². The Balaban J connectivity index is 1.47. The van der Waals surface area contributed by atoms with Crippen LogP contribution in [0.4, 0.5) is 5.82 Å². The van der Waals surface area contributed by atoms with Gasteiger partial charge in [0.2, 0.25) is 0 Å². The van der Waals surface area contributed by atoms with Gasteiger partial charge in [0, 0.05) is 20.6 Å². The first-order valence-corrected chi connectivity index (χ1v) is 12.8. The van der Waals surface area contributed by atoms with Crippen LogP contribution in [0.25, 0.3) is 0 Å². The quantitative estimate of drug-likeness (QED) is 0.594. The molecule has 3 aliphatic rings. The van der Waals surface area contributed by atoms with Crippen molar-refractivity contribution in [1.82, 2.24) is 14.5 Å². The van der Waals surface area contributed by atoms with Gasteiger partial charge in [0.1, 0.15) is 11.5 Å².